The van der Waals surface area contributed by atoms with Crippen molar-refractivity contribution in [2.75, 3.05) is 33.3 Å². The summed E-state index contributed by atoms with van der Waals surface area (Å²) in [4.78, 5) is 3.26. The van der Waals surface area contributed by atoms with Crippen LogP contribution in [0.4, 0.5) is 0 Å². The van der Waals surface area contributed by atoms with E-state index in [0.29, 0.717) is 0 Å². The van der Waals surface area contributed by atoms with Crippen LogP contribution in [0.15, 0.2) is 48.5 Å². The van der Waals surface area contributed by atoms with E-state index in [2.05, 4.69) is 24.3 Å². The van der Waals surface area contributed by atoms with Gasteiger partial charge in [0.2, 0.25) is 0 Å². The molecule has 122 valence electrons. The van der Waals surface area contributed by atoms with Gasteiger partial charge in [0.05, 0.1) is 7.11 Å². The molecule has 3 rings (SSSR count). The Morgan fingerprint density at radius 2 is 1.35 bits per heavy atom. The molecule has 2 aromatic rings. The van der Waals surface area contributed by atoms with Crippen molar-refractivity contribution in [3.05, 3.63) is 64.7 Å². The predicted molar refractivity (Wildman–Crippen MR) is 93.2 cm³/mol. The van der Waals surface area contributed by atoms with Gasteiger partial charge in [-0.25, -0.2) is 0 Å². The van der Waals surface area contributed by atoms with Crippen LogP contribution in [0.2, 0.25) is 5.02 Å². The fourth-order valence-corrected chi connectivity index (χ4v) is 3.54. The zero-order chi connectivity index (χ0) is 16.1. The van der Waals surface area contributed by atoms with E-state index in [9.17, 15) is 0 Å². The number of halogens is 1. The van der Waals surface area contributed by atoms with E-state index in [4.69, 9.17) is 16.3 Å². The molecule has 2 aromatic carbocycles. The van der Waals surface area contributed by atoms with Crippen molar-refractivity contribution >= 4 is 11.6 Å². The number of hydrogen-bond donors (Lipinski definition) is 2. The Balaban J connectivity index is 1.53. The maximum absolute atomic E-state index is 6.28. The number of para-hydroxylation sites is 1. The van der Waals surface area contributed by atoms with E-state index in [-0.39, 0.29) is 0 Å². The monoisotopic (exact) mass is 332 g/mol. The van der Waals surface area contributed by atoms with Crippen LogP contribution in [0.25, 0.3) is 0 Å². The van der Waals surface area contributed by atoms with Gasteiger partial charge >= 0.3 is 0 Å². The second-order valence-electron chi connectivity index (χ2n) is 6.26. The third-order valence-electron chi connectivity index (χ3n) is 4.70. The van der Waals surface area contributed by atoms with Crippen LogP contribution < -0.4 is 14.5 Å². The average Bonchev–Trinajstić information content (AvgIpc) is 2.59. The van der Waals surface area contributed by atoms with Crippen LogP contribution in [0.5, 0.6) is 5.75 Å². The molecular weight excluding hydrogens is 308 g/mol. The van der Waals surface area contributed by atoms with Crippen LogP contribution >= 0.6 is 11.6 Å². The molecule has 3 nitrogen and oxygen atoms in total. The van der Waals surface area contributed by atoms with Crippen LogP contribution in [-0.4, -0.2) is 33.3 Å². The fourth-order valence-electron chi connectivity index (χ4n) is 3.34. The van der Waals surface area contributed by atoms with Crippen LogP contribution in [0.3, 0.4) is 0 Å². The van der Waals surface area contributed by atoms with Crippen molar-refractivity contribution in [1.29, 1.82) is 0 Å². The molecule has 1 saturated heterocycles. The van der Waals surface area contributed by atoms with Crippen molar-refractivity contribution in [1.82, 2.24) is 0 Å². The van der Waals surface area contributed by atoms with Gasteiger partial charge in [-0.2, -0.15) is 0 Å². The molecule has 1 aliphatic heterocycles. The molecule has 0 aromatic heterocycles. The Bertz CT molecular complexity index is 639. The number of quaternary nitrogens is 2. The minimum atomic E-state index is 0.892. The SMILES string of the molecule is COc1ccccc1C[NH+]1CC[NH+](Cc2ccccc2Cl)CC1. The summed E-state index contributed by atoms with van der Waals surface area (Å²) in [5.74, 6) is 1.01. The summed E-state index contributed by atoms with van der Waals surface area (Å²) in [7, 11) is 1.75. The third kappa shape index (κ3) is 4.25. The average molecular weight is 333 g/mol. The molecular formula is C19H25ClN2O+2. The molecule has 1 heterocycles. The van der Waals surface area contributed by atoms with Crippen molar-refractivity contribution in [2.45, 2.75) is 13.1 Å². The first-order valence-electron chi connectivity index (χ1n) is 8.28. The highest BCUT2D eigenvalue weighted by Gasteiger charge is 2.24. The van der Waals surface area contributed by atoms with E-state index in [1.165, 1.54) is 37.3 Å². The first kappa shape index (κ1) is 16.3. The van der Waals surface area contributed by atoms with Crippen molar-refractivity contribution in [2.24, 2.45) is 0 Å². The number of benzene rings is 2. The Morgan fingerprint density at radius 3 is 1.96 bits per heavy atom. The van der Waals surface area contributed by atoms with Crippen molar-refractivity contribution in [3.8, 4) is 5.75 Å². The molecule has 0 bridgehead atoms. The molecule has 1 aliphatic rings. The predicted octanol–water partition coefficient (Wildman–Crippen LogP) is 0.832. The standard InChI is InChI=1S/C19H23ClN2O/c1-23-19-9-5-3-7-17(19)15-22-12-10-21(11-13-22)14-16-6-2-4-8-18(16)20/h2-9H,10-15H2,1H3/p+2. The molecule has 0 saturated carbocycles. The number of methoxy groups -OCH3 is 1. The van der Waals surface area contributed by atoms with Crippen LogP contribution in [-0.2, 0) is 13.1 Å². The molecule has 0 amide bonds. The van der Waals surface area contributed by atoms with E-state index < -0.39 is 0 Å². The summed E-state index contributed by atoms with van der Waals surface area (Å²) in [6.07, 6.45) is 0. The lowest BCUT2D eigenvalue weighted by molar-refractivity contribution is -1.02. The van der Waals surface area contributed by atoms with Crippen LogP contribution in [0, 0.1) is 0 Å². The minimum absolute atomic E-state index is 0.892. The lowest BCUT2D eigenvalue weighted by Crippen LogP contribution is -3.27. The molecule has 0 unspecified atom stereocenters. The number of rotatable bonds is 5. The molecule has 0 aliphatic carbocycles. The molecule has 0 spiro atoms. The number of hydrogen-bond acceptors (Lipinski definition) is 1. The van der Waals surface area contributed by atoms with Gasteiger partial charge in [-0.3, -0.25) is 0 Å². The Hall–Kier alpha value is -1.55. The maximum Gasteiger partial charge on any atom is 0.127 e. The lowest BCUT2D eigenvalue weighted by Gasteiger charge is -2.30. The van der Waals surface area contributed by atoms with E-state index in [0.717, 1.165) is 23.9 Å². The van der Waals surface area contributed by atoms with Crippen LogP contribution in [0.1, 0.15) is 11.1 Å². The van der Waals surface area contributed by atoms with Gasteiger partial charge in [-0.05, 0) is 18.2 Å². The minimum Gasteiger partial charge on any atom is -0.496 e. The van der Waals surface area contributed by atoms with Gasteiger partial charge in [0.1, 0.15) is 45.0 Å². The van der Waals surface area contributed by atoms with E-state index in [1.807, 2.05) is 24.3 Å². The first-order valence-corrected chi connectivity index (χ1v) is 8.66. The van der Waals surface area contributed by atoms with Gasteiger partial charge in [-0.1, -0.05) is 41.9 Å². The fraction of sp³-hybridized carbons (Fsp3) is 0.368. The van der Waals surface area contributed by atoms with Gasteiger partial charge < -0.3 is 14.5 Å². The maximum atomic E-state index is 6.28. The Kier molecular flexibility index (Phi) is 5.55. The normalized spacial score (nSPS) is 21.1. The quantitative estimate of drug-likeness (QED) is 0.830. The van der Waals surface area contributed by atoms with Gasteiger partial charge in [0, 0.05) is 16.1 Å². The summed E-state index contributed by atoms with van der Waals surface area (Å²) in [5.41, 5.74) is 2.57. The van der Waals surface area contributed by atoms with Crippen molar-refractivity contribution in [3.63, 3.8) is 0 Å². The van der Waals surface area contributed by atoms with E-state index in [1.54, 1.807) is 16.9 Å². The third-order valence-corrected chi connectivity index (χ3v) is 5.06. The Morgan fingerprint density at radius 1 is 0.826 bits per heavy atom. The number of nitrogens with one attached hydrogen (secondary N) is 2. The summed E-state index contributed by atoms with van der Waals surface area (Å²) in [5, 5.41) is 0.892. The second kappa shape index (κ2) is 7.82. The molecule has 1 fully saturated rings. The van der Waals surface area contributed by atoms with E-state index >= 15 is 0 Å². The number of ether oxygens (including phenoxy) is 1. The summed E-state index contributed by atoms with van der Waals surface area (Å²) in [6.45, 7) is 6.84. The molecule has 4 heteroatoms. The smallest absolute Gasteiger partial charge is 0.127 e. The highest BCUT2D eigenvalue weighted by molar-refractivity contribution is 6.31. The lowest BCUT2D eigenvalue weighted by atomic mass is 10.1. The van der Waals surface area contributed by atoms with Gasteiger partial charge in [0.15, 0.2) is 0 Å². The highest BCUT2D eigenvalue weighted by Crippen LogP contribution is 2.16. The zero-order valence-electron chi connectivity index (χ0n) is 13.6. The van der Waals surface area contributed by atoms with Crippen molar-refractivity contribution < 1.29 is 14.5 Å². The zero-order valence-corrected chi connectivity index (χ0v) is 14.4. The second-order valence-corrected chi connectivity index (χ2v) is 6.66. The summed E-state index contributed by atoms with van der Waals surface area (Å²) < 4.78 is 5.47. The largest absolute Gasteiger partial charge is 0.496 e. The molecule has 2 N–H and O–H groups in total. The Labute approximate surface area is 143 Å². The van der Waals surface area contributed by atoms with Gasteiger partial charge in [-0.15, -0.1) is 0 Å². The summed E-state index contributed by atoms with van der Waals surface area (Å²) >= 11 is 6.28. The first-order chi connectivity index (χ1) is 11.3. The summed E-state index contributed by atoms with van der Waals surface area (Å²) in [6, 6.07) is 16.5. The highest BCUT2D eigenvalue weighted by atomic mass is 35.5. The molecule has 0 atom stereocenters. The van der Waals surface area contributed by atoms with Gasteiger partial charge in [0.25, 0.3) is 0 Å². The molecule has 0 radical (unpaired) electrons. The molecule has 23 heavy (non-hydrogen) atoms. The number of piperazine rings is 1. The topological polar surface area (TPSA) is 18.1 Å².